The van der Waals surface area contributed by atoms with Crippen LogP contribution in [0.1, 0.15) is 5.56 Å². The molecule has 3 nitrogen and oxygen atoms in total. The highest BCUT2D eigenvalue weighted by molar-refractivity contribution is 6.31. The van der Waals surface area contributed by atoms with Gasteiger partial charge in [0.25, 0.3) is 0 Å². The molecule has 2 aromatic heterocycles. The molecule has 3 aromatic carbocycles. The summed E-state index contributed by atoms with van der Waals surface area (Å²) in [4.78, 5) is 12.2. The zero-order valence-corrected chi connectivity index (χ0v) is 14.6. The summed E-state index contributed by atoms with van der Waals surface area (Å²) in [6.07, 6.45) is 0. The molecule has 5 aromatic rings. The predicted octanol–water partition coefficient (Wildman–Crippen LogP) is 6.32. The Balaban J connectivity index is 1.97. The van der Waals surface area contributed by atoms with Gasteiger partial charge in [-0.3, -0.25) is 0 Å². The maximum absolute atomic E-state index is 12.2. The molecule has 5 rings (SSSR count). The molecule has 4 heteroatoms. The highest BCUT2D eigenvalue weighted by Crippen LogP contribution is 2.39. The number of rotatable bonds is 1. The molecule has 0 aliphatic carbocycles. The minimum atomic E-state index is -0.402. The zero-order chi connectivity index (χ0) is 17.8. The van der Waals surface area contributed by atoms with Crippen LogP contribution in [0.5, 0.6) is 0 Å². The second-order valence-corrected chi connectivity index (χ2v) is 6.77. The molecule has 0 atom stereocenters. The van der Waals surface area contributed by atoms with E-state index in [1.54, 1.807) is 6.07 Å². The van der Waals surface area contributed by atoms with Gasteiger partial charge in [0, 0.05) is 33.0 Å². The Kier molecular flexibility index (Phi) is 3.21. The van der Waals surface area contributed by atoms with Crippen LogP contribution in [-0.2, 0) is 0 Å². The van der Waals surface area contributed by atoms with E-state index in [1.165, 1.54) is 6.07 Å². The topological polar surface area (TPSA) is 43.4 Å². The van der Waals surface area contributed by atoms with Crippen molar-refractivity contribution in [2.75, 3.05) is 0 Å². The normalized spacial score (nSPS) is 11.6. The second kappa shape index (κ2) is 5.48. The van der Waals surface area contributed by atoms with Gasteiger partial charge in [-0.15, -0.1) is 0 Å². The van der Waals surface area contributed by atoms with Gasteiger partial charge in [-0.25, -0.2) is 4.79 Å². The van der Waals surface area contributed by atoms with E-state index in [4.69, 9.17) is 20.4 Å². The van der Waals surface area contributed by atoms with Gasteiger partial charge in [0.05, 0.1) is 0 Å². The van der Waals surface area contributed by atoms with Gasteiger partial charge in [0.15, 0.2) is 0 Å². The Morgan fingerprint density at radius 3 is 2.54 bits per heavy atom. The molecule has 0 spiro atoms. The van der Waals surface area contributed by atoms with E-state index >= 15 is 0 Å². The molecule has 0 saturated carbocycles. The summed E-state index contributed by atoms with van der Waals surface area (Å²) < 4.78 is 11.6. The molecule has 2 heterocycles. The number of aryl methyl sites for hydroxylation is 1. The van der Waals surface area contributed by atoms with E-state index in [0.29, 0.717) is 16.4 Å². The molecule has 0 saturated heterocycles. The maximum Gasteiger partial charge on any atom is 0.336 e. The maximum atomic E-state index is 12.2. The van der Waals surface area contributed by atoms with E-state index in [2.05, 4.69) is 0 Å². The second-order valence-electron chi connectivity index (χ2n) is 6.34. The van der Waals surface area contributed by atoms with Crippen LogP contribution in [0.4, 0.5) is 0 Å². The summed E-state index contributed by atoms with van der Waals surface area (Å²) in [5, 5.41) is 4.55. The molecular formula is C22H13ClO3. The van der Waals surface area contributed by atoms with E-state index < -0.39 is 5.63 Å². The number of hydrogen-bond acceptors (Lipinski definition) is 3. The minimum Gasteiger partial charge on any atom is -0.456 e. The smallest absolute Gasteiger partial charge is 0.336 e. The van der Waals surface area contributed by atoms with Gasteiger partial charge >= 0.3 is 5.63 Å². The summed E-state index contributed by atoms with van der Waals surface area (Å²) in [6.45, 7) is 1.98. The van der Waals surface area contributed by atoms with Crippen molar-refractivity contribution >= 4 is 44.3 Å². The number of fused-ring (bicyclic) bond motifs is 4. The average Bonchev–Trinajstić information content (AvgIpc) is 2.97. The monoisotopic (exact) mass is 360 g/mol. The SMILES string of the molecule is Cc1c(-c2cc(=O)oc3ccc4ccccc4c23)oc2ccc(Cl)cc12. The van der Waals surface area contributed by atoms with Gasteiger partial charge < -0.3 is 8.83 Å². The van der Waals surface area contributed by atoms with E-state index in [0.717, 1.165) is 38.3 Å². The van der Waals surface area contributed by atoms with Crippen LogP contribution in [0.15, 0.2) is 74.3 Å². The quantitative estimate of drug-likeness (QED) is 0.259. The number of benzene rings is 3. The van der Waals surface area contributed by atoms with Crippen LogP contribution in [0.3, 0.4) is 0 Å². The highest BCUT2D eigenvalue weighted by Gasteiger charge is 2.18. The summed E-state index contributed by atoms with van der Waals surface area (Å²) in [6, 6.07) is 18.8. The average molecular weight is 361 g/mol. The van der Waals surface area contributed by atoms with Gasteiger partial charge in [-0.1, -0.05) is 41.9 Å². The van der Waals surface area contributed by atoms with Crippen molar-refractivity contribution in [2.45, 2.75) is 6.92 Å². The molecule has 0 aliphatic rings. The minimum absolute atomic E-state index is 0.402. The fourth-order valence-electron chi connectivity index (χ4n) is 3.57. The fraction of sp³-hybridized carbons (Fsp3) is 0.0455. The van der Waals surface area contributed by atoms with Crippen LogP contribution in [-0.4, -0.2) is 0 Å². The third-order valence-electron chi connectivity index (χ3n) is 4.78. The zero-order valence-electron chi connectivity index (χ0n) is 13.9. The number of hydrogen-bond donors (Lipinski definition) is 0. The van der Waals surface area contributed by atoms with Gasteiger partial charge in [-0.2, -0.15) is 0 Å². The molecule has 0 bridgehead atoms. The van der Waals surface area contributed by atoms with Gasteiger partial charge in [0.1, 0.15) is 16.9 Å². The number of furan rings is 1. The predicted molar refractivity (Wildman–Crippen MR) is 105 cm³/mol. The van der Waals surface area contributed by atoms with E-state index in [1.807, 2.05) is 55.5 Å². The molecule has 0 radical (unpaired) electrons. The summed E-state index contributed by atoms with van der Waals surface area (Å²) in [5.74, 6) is 0.663. The molecule has 0 amide bonds. The van der Waals surface area contributed by atoms with Crippen molar-refractivity contribution < 1.29 is 8.83 Å². The first-order valence-electron chi connectivity index (χ1n) is 8.26. The van der Waals surface area contributed by atoms with E-state index in [9.17, 15) is 4.79 Å². The number of halogens is 1. The van der Waals surface area contributed by atoms with Gasteiger partial charge in [0.2, 0.25) is 0 Å². The molecule has 0 fully saturated rings. The van der Waals surface area contributed by atoms with Crippen LogP contribution in [0.2, 0.25) is 5.02 Å². The van der Waals surface area contributed by atoms with Crippen molar-refractivity contribution in [3.05, 3.63) is 81.7 Å². The van der Waals surface area contributed by atoms with Crippen LogP contribution >= 0.6 is 11.6 Å². The van der Waals surface area contributed by atoms with Gasteiger partial charge in [-0.05, 0) is 42.0 Å². The lowest BCUT2D eigenvalue weighted by Gasteiger charge is -2.07. The molecule has 0 aliphatic heterocycles. The Hall–Kier alpha value is -3.04. The van der Waals surface area contributed by atoms with Crippen molar-refractivity contribution in [3.8, 4) is 11.3 Å². The Labute approximate surface area is 153 Å². The fourth-order valence-corrected chi connectivity index (χ4v) is 3.74. The Bertz CT molecular complexity index is 1380. The van der Waals surface area contributed by atoms with Crippen molar-refractivity contribution in [1.29, 1.82) is 0 Å². The highest BCUT2D eigenvalue weighted by atomic mass is 35.5. The van der Waals surface area contributed by atoms with Crippen molar-refractivity contribution in [2.24, 2.45) is 0 Å². The van der Waals surface area contributed by atoms with Crippen molar-refractivity contribution in [1.82, 2.24) is 0 Å². The van der Waals surface area contributed by atoms with Crippen molar-refractivity contribution in [3.63, 3.8) is 0 Å². The lowest BCUT2D eigenvalue weighted by atomic mass is 9.98. The van der Waals surface area contributed by atoms with Crippen LogP contribution < -0.4 is 5.63 Å². The lowest BCUT2D eigenvalue weighted by molar-refractivity contribution is 0.560. The standard InChI is InChI=1S/C22H13ClO3/c1-12-16-10-14(23)7-9-18(16)26-22(12)17-11-20(24)25-19-8-6-13-4-2-3-5-15(13)21(17)19/h2-11H,1H3. The lowest BCUT2D eigenvalue weighted by Crippen LogP contribution is -1.98. The van der Waals surface area contributed by atoms with E-state index in [-0.39, 0.29) is 0 Å². The van der Waals surface area contributed by atoms with Crippen LogP contribution in [0.25, 0.3) is 44.0 Å². The van der Waals surface area contributed by atoms with Crippen LogP contribution in [0, 0.1) is 6.92 Å². The summed E-state index contributed by atoms with van der Waals surface area (Å²) in [5.41, 5.74) is 2.56. The molecule has 26 heavy (non-hydrogen) atoms. The Morgan fingerprint density at radius 2 is 1.65 bits per heavy atom. The Morgan fingerprint density at radius 1 is 0.846 bits per heavy atom. The third-order valence-corrected chi connectivity index (χ3v) is 5.01. The third kappa shape index (κ3) is 2.18. The summed E-state index contributed by atoms with van der Waals surface area (Å²) in [7, 11) is 0. The molecule has 0 unspecified atom stereocenters. The first kappa shape index (κ1) is 15.2. The first-order valence-corrected chi connectivity index (χ1v) is 8.64. The summed E-state index contributed by atoms with van der Waals surface area (Å²) >= 11 is 6.14. The first-order chi connectivity index (χ1) is 12.6. The largest absolute Gasteiger partial charge is 0.456 e. The molecular weight excluding hydrogens is 348 g/mol. The molecule has 126 valence electrons. The molecule has 0 N–H and O–H groups in total.